The van der Waals surface area contributed by atoms with Crippen molar-refractivity contribution in [2.45, 2.75) is 12.5 Å². The van der Waals surface area contributed by atoms with E-state index in [1.807, 2.05) is 11.4 Å². The van der Waals surface area contributed by atoms with Crippen molar-refractivity contribution in [2.75, 3.05) is 13.1 Å². The number of amides is 1. The molecule has 1 atom stereocenters. The lowest BCUT2D eigenvalue weighted by atomic mass is 10.0. The molecule has 4 nitrogen and oxygen atoms in total. The molecule has 0 bridgehead atoms. The Morgan fingerprint density at radius 1 is 1.14 bits per heavy atom. The van der Waals surface area contributed by atoms with Crippen molar-refractivity contribution in [1.82, 2.24) is 10.6 Å². The smallest absolute Gasteiger partial charge is 0.252 e. The maximum Gasteiger partial charge on any atom is 0.252 e. The minimum Gasteiger partial charge on any atom is -0.348 e. The zero-order valence-electron chi connectivity index (χ0n) is 11.9. The fourth-order valence-electron chi connectivity index (χ4n) is 2.46. The highest BCUT2D eigenvalue weighted by Gasteiger charge is 2.22. The van der Waals surface area contributed by atoms with Gasteiger partial charge in [-0.1, -0.05) is 24.3 Å². The molecule has 22 heavy (non-hydrogen) atoms. The summed E-state index contributed by atoms with van der Waals surface area (Å²) in [7, 11) is 0. The number of carbonyl (C=O) groups excluding carboxylic acids is 2. The van der Waals surface area contributed by atoms with Gasteiger partial charge in [0.05, 0.1) is 10.4 Å². The van der Waals surface area contributed by atoms with Crippen molar-refractivity contribution in [2.24, 2.45) is 0 Å². The zero-order valence-corrected chi connectivity index (χ0v) is 13.5. The lowest BCUT2D eigenvalue weighted by Crippen LogP contribution is -2.36. The van der Waals surface area contributed by atoms with Crippen LogP contribution < -0.4 is 10.6 Å². The Bertz CT molecular complexity index is 652. The lowest BCUT2D eigenvalue weighted by molar-refractivity contribution is 0.0930. The summed E-state index contributed by atoms with van der Waals surface area (Å²) in [6.07, 6.45) is 0.923. The van der Waals surface area contributed by atoms with Crippen molar-refractivity contribution in [3.8, 4) is 0 Å². The second-order valence-electron chi connectivity index (χ2n) is 5.02. The molecule has 2 heterocycles. The van der Waals surface area contributed by atoms with E-state index in [0.29, 0.717) is 16.0 Å². The molecule has 0 radical (unpaired) electrons. The number of halogens is 1. The normalized spacial score (nSPS) is 16.8. The summed E-state index contributed by atoms with van der Waals surface area (Å²) in [6.45, 7) is 1.70. The number of nitrogens with one attached hydrogen (secondary N) is 2. The number of ketones is 1. The second-order valence-corrected chi connectivity index (χ2v) is 5.96. The van der Waals surface area contributed by atoms with E-state index < -0.39 is 0 Å². The first-order chi connectivity index (χ1) is 10.3. The molecule has 1 fully saturated rings. The summed E-state index contributed by atoms with van der Waals surface area (Å²) < 4.78 is 0. The number of hydrogen-bond donors (Lipinski definition) is 2. The predicted octanol–water partition coefficient (Wildman–Crippen LogP) is 2.49. The van der Waals surface area contributed by atoms with Crippen molar-refractivity contribution < 1.29 is 9.59 Å². The minimum atomic E-state index is -0.177. The molecule has 1 saturated heterocycles. The van der Waals surface area contributed by atoms with Gasteiger partial charge >= 0.3 is 0 Å². The van der Waals surface area contributed by atoms with Crippen LogP contribution in [0.1, 0.15) is 32.0 Å². The van der Waals surface area contributed by atoms with E-state index in [9.17, 15) is 9.59 Å². The van der Waals surface area contributed by atoms with E-state index in [4.69, 9.17) is 0 Å². The van der Waals surface area contributed by atoms with E-state index in [0.717, 1.165) is 19.5 Å². The van der Waals surface area contributed by atoms with E-state index in [1.165, 1.54) is 11.3 Å². The summed E-state index contributed by atoms with van der Waals surface area (Å²) in [5, 5.41) is 8.06. The van der Waals surface area contributed by atoms with E-state index in [-0.39, 0.29) is 30.1 Å². The van der Waals surface area contributed by atoms with Crippen LogP contribution >= 0.6 is 23.7 Å². The highest BCUT2D eigenvalue weighted by molar-refractivity contribution is 7.12. The second kappa shape index (κ2) is 7.54. The average molecular weight is 337 g/mol. The fourth-order valence-corrected chi connectivity index (χ4v) is 3.14. The van der Waals surface area contributed by atoms with Crippen LogP contribution in [0.4, 0.5) is 0 Å². The van der Waals surface area contributed by atoms with Crippen LogP contribution in [0.3, 0.4) is 0 Å². The quantitative estimate of drug-likeness (QED) is 0.843. The molecule has 0 aliphatic carbocycles. The van der Waals surface area contributed by atoms with Gasteiger partial charge in [-0.15, -0.1) is 23.7 Å². The third kappa shape index (κ3) is 3.55. The summed E-state index contributed by atoms with van der Waals surface area (Å²) in [5.41, 5.74) is 0.909. The van der Waals surface area contributed by atoms with Gasteiger partial charge in [0.2, 0.25) is 5.78 Å². The van der Waals surface area contributed by atoms with Crippen molar-refractivity contribution in [3.05, 3.63) is 57.8 Å². The Morgan fingerprint density at radius 2 is 1.91 bits per heavy atom. The fraction of sp³-hybridized carbons (Fsp3) is 0.250. The maximum absolute atomic E-state index is 12.5. The SMILES string of the molecule is Cl.O=C(NC1CCNC1)c1ccccc1C(=O)c1cccs1. The molecule has 0 saturated carbocycles. The third-order valence-corrected chi connectivity index (χ3v) is 4.43. The van der Waals surface area contributed by atoms with Gasteiger partial charge in [-0.2, -0.15) is 0 Å². The molecule has 6 heteroatoms. The average Bonchev–Trinajstić information content (AvgIpc) is 3.19. The molecule has 1 aromatic heterocycles. The van der Waals surface area contributed by atoms with Gasteiger partial charge in [0.1, 0.15) is 0 Å². The number of rotatable bonds is 4. The van der Waals surface area contributed by atoms with Crippen molar-refractivity contribution in [1.29, 1.82) is 0 Å². The molecule has 1 amide bonds. The van der Waals surface area contributed by atoms with Crippen molar-refractivity contribution >= 4 is 35.4 Å². The Hall–Kier alpha value is -1.69. The molecule has 2 aromatic rings. The molecule has 1 aliphatic heterocycles. The van der Waals surface area contributed by atoms with Crippen LogP contribution in [0.5, 0.6) is 0 Å². The Balaban J connectivity index is 0.00000176. The highest BCUT2D eigenvalue weighted by Crippen LogP contribution is 2.18. The van der Waals surface area contributed by atoms with Crippen molar-refractivity contribution in [3.63, 3.8) is 0 Å². The molecule has 116 valence electrons. The molecule has 0 spiro atoms. The topological polar surface area (TPSA) is 58.2 Å². The number of hydrogen-bond acceptors (Lipinski definition) is 4. The van der Waals surface area contributed by atoms with Gasteiger partial charge in [-0.3, -0.25) is 9.59 Å². The van der Waals surface area contributed by atoms with Crippen LogP contribution in [0.15, 0.2) is 41.8 Å². The summed E-state index contributed by atoms with van der Waals surface area (Å²) in [6, 6.07) is 10.7. The van der Waals surface area contributed by atoms with Crippen LogP contribution in [0, 0.1) is 0 Å². The number of thiophene rings is 1. The first-order valence-electron chi connectivity index (χ1n) is 6.94. The molecule has 3 rings (SSSR count). The van der Waals surface area contributed by atoms with Crippen LogP contribution in [0.25, 0.3) is 0 Å². The standard InChI is InChI=1S/C16H16N2O2S.ClH/c19-15(14-6-3-9-21-14)12-4-1-2-5-13(12)16(20)18-11-7-8-17-10-11;/h1-6,9,11,17H,7-8,10H2,(H,18,20);1H. The van der Waals surface area contributed by atoms with Crippen LogP contribution in [-0.2, 0) is 0 Å². The largest absolute Gasteiger partial charge is 0.348 e. The zero-order chi connectivity index (χ0) is 14.7. The molecule has 1 aromatic carbocycles. The van der Waals surface area contributed by atoms with Gasteiger partial charge in [0.15, 0.2) is 0 Å². The molecule has 2 N–H and O–H groups in total. The Kier molecular flexibility index (Phi) is 5.71. The van der Waals surface area contributed by atoms with Gasteiger partial charge in [-0.25, -0.2) is 0 Å². The summed E-state index contributed by atoms with van der Waals surface area (Å²) >= 11 is 1.39. The van der Waals surface area contributed by atoms with E-state index in [2.05, 4.69) is 10.6 Å². The molecular weight excluding hydrogens is 320 g/mol. The number of carbonyl (C=O) groups is 2. The van der Waals surface area contributed by atoms with Crippen LogP contribution in [0.2, 0.25) is 0 Å². The first kappa shape index (κ1) is 16.7. The van der Waals surface area contributed by atoms with Gasteiger partial charge in [0, 0.05) is 18.2 Å². The minimum absolute atomic E-state index is 0. The van der Waals surface area contributed by atoms with Gasteiger partial charge < -0.3 is 10.6 Å². The van der Waals surface area contributed by atoms with Gasteiger partial charge in [-0.05, 0) is 30.5 Å². The predicted molar refractivity (Wildman–Crippen MR) is 90.2 cm³/mol. The third-order valence-electron chi connectivity index (χ3n) is 3.56. The molecular formula is C16H17ClN2O2S. The summed E-state index contributed by atoms with van der Waals surface area (Å²) in [4.78, 5) is 25.5. The highest BCUT2D eigenvalue weighted by atomic mass is 35.5. The lowest BCUT2D eigenvalue weighted by Gasteiger charge is -2.13. The molecule has 1 unspecified atom stereocenters. The van der Waals surface area contributed by atoms with Gasteiger partial charge in [0.25, 0.3) is 5.91 Å². The van der Waals surface area contributed by atoms with Crippen LogP contribution in [-0.4, -0.2) is 30.8 Å². The Labute approximate surface area is 139 Å². The maximum atomic E-state index is 12.5. The van der Waals surface area contributed by atoms with E-state index >= 15 is 0 Å². The summed E-state index contributed by atoms with van der Waals surface area (Å²) in [5.74, 6) is -0.274. The molecule has 1 aliphatic rings. The number of benzene rings is 1. The monoisotopic (exact) mass is 336 g/mol. The Morgan fingerprint density at radius 3 is 2.55 bits per heavy atom. The first-order valence-corrected chi connectivity index (χ1v) is 7.82. The van der Waals surface area contributed by atoms with E-state index in [1.54, 1.807) is 30.3 Å².